The highest BCUT2D eigenvalue weighted by molar-refractivity contribution is 6.05. The normalized spacial score (nSPS) is 31.0. The van der Waals surface area contributed by atoms with Crippen molar-refractivity contribution in [3.8, 4) is 5.75 Å². The SMILES string of the molecule is CC1C=C1C(=O)N1CCC(C2CN([C@H]3CCCC[C@@H]3Oc3ccc4c(c3)CN(C3CCC(=O)NC3=O)C4=O)C2)CC1. The fourth-order valence-electron chi connectivity index (χ4n) is 7.79. The van der Waals surface area contributed by atoms with E-state index in [1.807, 2.05) is 18.2 Å². The van der Waals surface area contributed by atoms with Crippen LogP contribution in [0.2, 0.25) is 0 Å². The van der Waals surface area contributed by atoms with Gasteiger partial charge < -0.3 is 14.5 Å². The first-order valence-electron chi connectivity index (χ1n) is 15.5. The summed E-state index contributed by atoms with van der Waals surface area (Å²) >= 11 is 0. The zero-order chi connectivity index (χ0) is 28.2. The molecule has 1 N–H and O–H groups in total. The van der Waals surface area contributed by atoms with Gasteiger partial charge in [0.25, 0.3) is 5.91 Å². The molecule has 0 bridgehead atoms. The van der Waals surface area contributed by atoms with Crippen LogP contribution in [0.4, 0.5) is 0 Å². The number of nitrogens with zero attached hydrogens (tertiary/aromatic N) is 3. The summed E-state index contributed by atoms with van der Waals surface area (Å²) in [7, 11) is 0. The Morgan fingerprint density at radius 1 is 0.976 bits per heavy atom. The van der Waals surface area contributed by atoms with Gasteiger partial charge in [-0.1, -0.05) is 19.4 Å². The second kappa shape index (κ2) is 10.6. The predicted octanol–water partition coefficient (Wildman–Crippen LogP) is 2.88. The van der Waals surface area contributed by atoms with Gasteiger partial charge in [0.1, 0.15) is 17.9 Å². The van der Waals surface area contributed by atoms with Crippen molar-refractivity contribution in [2.75, 3.05) is 26.2 Å². The molecule has 4 aliphatic heterocycles. The van der Waals surface area contributed by atoms with Gasteiger partial charge >= 0.3 is 0 Å². The molecule has 0 spiro atoms. The van der Waals surface area contributed by atoms with Crippen LogP contribution in [-0.4, -0.2) is 82.7 Å². The van der Waals surface area contributed by atoms with E-state index in [0.29, 0.717) is 42.3 Å². The number of imide groups is 1. The van der Waals surface area contributed by atoms with Crippen LogP contribution in [0.15, 0.2) is 29.8 Å². The molecule has 2 aliphatic carbocycles. The number of carbonyl (C=O) groups excluding carboxylic acids is 4. The van der Waals surface area contributed by atoms with Crippen LogP contribution < -0.4 is 10.1 Å². The number of piperidine rings is 2. The molecule has 1 saturated carbocycles. The van der Waals surface area contributed by atoms with Gasteiger partial charge in [-0.2, -0.15) is 0 Å². The summed E-state index contributed by atoms with van der Waals surface area (Å²) in [5.74, 6) is 2.00. The lowest BCUT2D eigenvalue weighted by atomic mass is 9.77. The molecule has 4 fully saturated rings. The molecular formula is C32H40N4O5. The highest BCUT2D eigenvalue weighted by Crippen LogP contribution is 2.39. The maximum Gasteiger partial charge on any atom is 0.255 e. The third-order valence-electron chi connectivity index (χ3n) is 10.4. The molecule has 4 atom stereocenters. The Kier molecular flexibility index (Phi) is 6.88. The Hall–Kier alpha value is -3.20. The van der Waals surface area contributed by atoms with Crippen LogP contribution in [0.1, 0.15) is 74.2 Å². The van der Waals surface area contributed by atoms with Crippen LogP contribution >= 0.6 is 0 Å². The van der Waals surface area contributed by atoms with E-state index in [1.54, 1.807) is 4.90 Å². The van der Waals surface area contributed by atoms with Crippen molar-refractivity contribution in [1.82, 2.24) is 20.0 Å². The molecule has 3 saturated heterocycles. The van der Waals surface area contributed by atoms with Crippen molar-refractivity contribution in [1.29, 1.82) is 0 Å². The summed E-state index contributed by atoms with van der Waals surface area (Å²) in [6.45, 7) is 6.46. The number of ether oxygens (including phenoxy) is 1. The number of benzene rings is 1. The molecule has 9 nitrogen and oxygen atoms in total. The van der Waals surface area contributed by atoms with Gasteiger partial charge in [-0.25, -0.2) is 0 Å². The van der Waals surface area contributed by atoms with Gasteiger partial charge in [0.05, 0.1) is 0 Å². The van der Waals surface area contributed by atoms with E-state index < -0.39 is 6.04 Å². The maximum atomic E-state index is 13.1. The zero-order valence-electron chi connectivity index (χ0n) is 23.8. The first-order valence-corrected chi connectivity index (χ1v) is 15.5. The van der Waals surface area contributed by atoms with Crippen LogP contribution in [0.5, 0.6) is 5.75 Å². The second-order valence-corrected chi connectivity index (χ2v) is 13.0. The summed E-state index contributed by atoms with van der Waals surface area (Å²) in [4.78, 5) is 55.8. The largest absolute Gasteiger partial charge is 0.489 e. The number of likely N-dealkylation sites (tertiary alicyclic amines) is 2. The number of allylic oxidation sites excluding steroid dienone is 1. The lowest BCUT2D eigenvalue weighted by Gasteiger charge is -2.51. The van der Waals surface area contributed by atoms with Crippen LogP contribution in [0, 0.1) is 17.8 Å². The Morgan fingerprint density at radius 3 is 2.46 bits per heavy atom. The first-order chi connectivity index (χ1) is 19.9. The summed E-state index contributed by atoms with van der Waals surface area (Å²) in [6.07, 6.45) is 9.58. The summed E-state index contributed by atoms with van der Waals surface area (Å²) in [5, 5.41) is 2.36. The molecule has 9 heteroatoms. The highest BCUT2D eigenvalue weighted by atomic mass is 16.5. The van der Waals surface area contributed by atoms with Crippen LogP contribution in [0.3, 0.4) is 0 Å². The Labute approximate surface area is 241 Å². The number of carbonyl (C=O) groups is 4. The maximum absolute atomic E-state index is 13.1. The molecule has 218 valence electrons. The van der Waals surface area contributed by atoms with Crippen LogP contribution in [-0.2, 0) is 20.9 Å². The Morgan fingerprint density at radius 2 is 1.73 bits per heavy atom. The number of nitrogens with one attached hydrogen (secondary N) is 1. The minimum Gasteiger partial charge on any atom is -0.489 e. The summed E-state index contributed by atoms with van der Waals surface area (Å²) < 4.78 is 6.61. The quantitative estimate of drug-likeness (QED) is 0.538. The third-order valence-corrected chi connectivity index (χ3v) is 10.4. The van der Waals surface area contributed by atoms with Gasteiger partial charge in [-0.3, -0.25) is 29.4 Å². The minimum absolute atomic E-state index is 0.124. The predicted molar refractivity (Wildman–Crippen MR) is 151 cm³/mol. The van der Waals surface area contributed by atoms with Crippen molar-refractivity contribution in [2.24, 2.45) is 17.8 Å². The smallest absolute Gasteiger partial charge is 0.255 e. The van der Waals surface area contributed by atoms with Gasteiger partial charge in [0.15, 0.2) is 0 Å². The minimum atomic E-state index is -0.605. The number of amides is 4. The topological polar surface area (TPSA) is 99.3 Å². The van der Waals surface area contributed by atoms with Crippen molar-refractivity contribution in [3.05, 3.63) is 41.0 Å². The van der Waals surface area contributed by atoms with E-state index in [2.05, 4.69) is 28.1 Å². The molecule has 1 aromatic carbocycles. The standard InChI is InChI=1S/C32H40N4O5/c1-19-14-25(19)31(39)34-12-10-20(11-13-34)22-16-35(17-22)26-4-2-3-5-28(26)41-23-6-7-24-21(15-23)18-36(32(24)40)27-8-9-29(37)33-30(27)38/h6-7,14-15,19-20,22,26-28H,2-5,8-13,16-18H2,1H3,(H,33,37,38)/t19?,26-,27?,28-/m0/s1. The van der Waals surface area contributed by atoms with E-state index >= 15 is 0 Å². The van der Waals surface area contributed by atoms with E-state index in [1.165, 1.54) is 6.42 Å². The molecule has 1 aromatic rings. The van der Waals surface area contributed by atoms with E-state index in [0.717, 1.165) is 75.2 Å². The van der Waals surface area contributed by atoms with Crippen LogP contribution in [0.25, 0.3) is 0 Å². The Bertz CT molecular complexity index is 1290. The third kappa shape index (κ3) is 5.07. The summed E-state index contributed by atoms with van der Waals surface area (Å²) in [6, 6.07) is 5.49. The zero-order valence-corrected chi connectivity index (χ0v) is 23.8. The second-order valence-electron chi connectivity index (χ2n) is 13.0. The number of hydrogen-bond donors (Lipinski definition) is 1. The molecule has 6 aliphatic rings. The van der Waals surface area contributed by atoms with E-state index in [9.17, 15) is 19.2 Å². The Balaban J connectivity index is 0.938. The fourth-order valence-corrected chi connectivity index (χ4v) is 7.79. The molecular weight excluding hydrogens is 520 g/mol. The molecule has 4 heterocycles. The average Bonchev–Trinajstić information content (AvgIpc) is 3.59. The van der Waals surface area contributed by atoms with E-state index in [4.69, 9.17) is 4.74 Å². The van der Waals surface area contributed by atoms with Gasteiger partial charge in [-0.05, 0) is 74.1 Å². The average molecular weight is 561 g/mol. The van der Waals surface area contributed by atoms with E-state index in [-0.39, 0.29) is 36.2 Å². The molecule has 7 rings (SSSR count). The lowest BCUT2D eigenvalue weighted by Crippen LogP contribution is -2.60. The fraction of sp³-hybridized carbons (Fsp3) is 0.625. The number of fused-ring (bicyclic) bond motifs is 1. The molecule has 2 unspecified atom stereocenters. The number of hydrogen-bond acceptors (Lipinski definition) is 6. The van der Waals surface area contributed by atoms with Crippen molar-refractivity contribution in [2.45, 2.75) is 83.0 Å². The monoisotopic (exact) mass is 560 g/mol. The van der Waals surface area contributed by atoms with Crippen molar-refractivity contribution < 1.29 is 23.9 Å². The molecule has 41 heavy (non-hydrogen) atoms. The lowest BCUT2D eigenvalue weighted by molar-refractivity contribution is -0.137. The highest BCUT2D eigenvalue weighted by Gasteiger charge is 2.43. The summed E-state index contributed by atoms with van der Waals surface area (Å²) in [5.41, 5.74) is 2.50. The molecule has 0 aromatic heterocycles. The van der Waals surface area contributed by atoms with Gasteiger partial charge in [-0.15, -0.1) is 0 Å². The van der Waals surface area contributed by atoms with Crippen molar-refractivity contribution in [3.63, 3.8) is 0 Å². The number of rotatable bonds is 6. The first kappa shape index (κ1) is 26.7. The molecule has 4 amide bonds. The van der Waals surface area contributed by atoms with Gasteiger partial charge in [0, 0.05) is 62.2 Å². The van der Waals surface area contributed by atoms with Gasteiger partial charge in [0.2, 0.25) is 17.7 Å². The molecule has 0 radical (unpaired) electrons. The van der Waals surface area contributed by atoms with Crippen molar-refractivity contribution >= 4 is 23.6 Å².